The van der Waals surface area contributed by atoms with Crippen molar-refractivity contribution >= 4 is 17.6 Å². The van der Waals surface area contributed by atoms with E-state index in [1.54, 1.807) is 0 Å². The van der Waals surface area contributed by atoms with E-state index >= 15 is 0 Å². The molecule has 1 N–H and O–H groups in total. The molecule has 0 aliphatic carbocycles. The van der Waals surface area contributed by atoms with Crippen molar-refractivity contribution in [3.05, 3.63) is 36.2 Å². The molecule has 1 heterocycles. The van der Waals surface area contributed by atoms with E-state index in [0.717, 1.165) is 49.3 Å². The summed E-state index contributed by atoms with van der Waals surface area (Å²) >= 11 is 0. The van der Waals surface area contributed by atoms with Crippen molar-refractivity contribution in [2.75, 3.05) is 23.8 Å². The maximum Gasteiger partial charge on any atom is 0.351 e. The van der Waals surface area contributed by atoms with Gasteiger partial charge in [0.1, 0.15) is 0 Å². The molecule has 5 heteroatoms. The van der Waals surface area contributed by atoms with E-state index < -0.39 is 0 Å². The highest BCUT2D eigenvalue weighted by atomic mass is 15.3. The predicted molar refractivity (Wildman–Crippen MR) is 90.5 cm³/mol. The molecule has 0 spiro atoms. The van der Waals surface area contributed by atoms with Crippen LogP contribution in [0.25, 0.3) is 0 Å². The van der Waals surface area contributed by atoms with Crippen LogP contribution in [0.4, 0.5) is 17.6 Å². The number of anilines is 3. The monoisotopic (exact) mass is 300 g/mol. The van der Waals surface area contributed by atoms with Crippen molar-refractivity contribution in [3.63, 3.8) is 0 Å². The van der Waals surface area contributed by atoms with Gasteiger partial charge in [-0.3, -0.25) is 10.2 Å². The van der Waals surface area contributed by atoms with E-state index in [9.17, 15) is 0 Å². The molecule has 0 atom stereocenters. The first kappa shape index (κ1) is 16.2. The lowest BCUT2D eigenvalue weighted by atomic mass is 10.3. The van der Waals surface area contributed by atoms with Gasteiger partial charge in [0.2, 0.25) is 5.82 Å². The van der Waals surface area contributed by atoms with Crippen LogP contribution in [0, 0.1) is 6.92 Å². The van der Waals surface area contributed by atoms with E-state index in [1.165, 1.54) is 0 Å². The van der Waals surface area contributed by atoms with Crippen LogP contribution >= 0.6 is 0 Å². The molecule has 1 aromatic heterocycles. The summed E-state index contributed by atoms with van der Waals surface area (Å²) in [4.78, 5) is 11.6. The minimum Gasteiger partial charge on any atom is -0.297 e. The average Bonchev–Trinajstić information content (AvgIpc) is 2.55. The van der Waals surface area contributed by atoms with Crippen molar-refractivity contribution in [1.82, 2.24) is 9.97 Å². The number of para-hydroxylation sites is 1. The number of aryl methyl sites for hydroxylation is 1. The van der Waals surface area contributed by atoms with Gasteiger partial charge in [-0.05, 0) is 25.5 Å². The lowest BCUT2D eigenvalue weighted by Crippen LogP contribution is -2.43. The molecule has 0 aliphatic heterocycles. The van der Waals surface area contributed by atoms with Gasteiger partial charge in [0, 0.05) is 26.2 Å². The zero-order valence-electron chi connectivity index (χ0n) is 14.0. The van der Waals surface area contributed by atoms with Crippen LogP contribution in [0.2, 0.25) is 0 Å². The van der Waals surface area contributed by atoms with E-state index in [0.29, 0.717) is 0 Å². The third-order valence-electron chi connectivity index (χ3n) is 3.70. The first-order chi connectivity index (χ1) is 10.7. The zero-order valence-corrected chi connectivity index (χ0v) is 14.0. The van der Waals surface area contributed by atoms with Crippen LogP contribution in [-0.2, 0) is 6.54 Å². The van der Waals surface area contributed by atoms with Crippen molar-refractivity contribution in [1.29, 1.82) is 0 Å². The lowest BCUT2D eigenvalue weighted by molar-refractivity contribution is -0.694. The Kier molecular flexibility index (Phi) is 5.69. The highest BCUT2D eigenvalue weighted by Gasteiger charge is 2.21. The van der Waals surface area contributed by atoms with Crippen LogP contribution < -0.4 is 14.8 Å². The van der Waals surface area contributed by atoms with Crippen LogP contribution in [0.1, 0.15) is 32.5 Å². The van der Waals surface area contributed by atoms with Crippen molar-refractivity contribution in [2.45, 2.75) is 40.2 Å². The van der Waals surface area contributed by atoms with Gasteiger partial charge < -0.3 is 0 Å². The summed E-state index contributed by atoms with van der Waals surface area (Å²) in [6, 6.07) is 10.3. The summed E-state index contributed by atoms with van der Waals surface area (Å²) in [5, 5.41) is 3.20. The summed E-state index contributed by atoms with van der Waals surface area (Å²) < 4.78 is 2.14. The molecule has 0 saturated carbocycles. The van der Waals surface area contributed by atoms with E-state index in [1.807, 2.05) is 32.2 Å². The maximum absolute atomic E-state index is 4.72. The van der Waals surface area contributed by atoms with Gasteiger partial charge in [0.15, 0.2) is 0 Å². The Bertz CT molecular complexity index is 597. The van der Waals surface area contributed by atoms with Crippen LogP contribution in [0.3, 0.4) is 0 Å². The molecule has 0 radical (unpaired) electrons. The van der Waals surface area contributed by atoms with E-state index in [-0.39, 0.29) is 0 Å². The predicted octanol–water partition coefficient (Wildman–Crippen LogP) is 3.07. The number of rotatable bonds is 7. The normalized spacial score (nSPS) is 10.5. The smallest absolute Gasteiger partial charge is 0.297 e. The van der Waals surface area contributed by atoms with Crippen molar-refractivity contribution < 1.29 is 4.57 Å². The van der Waals surface area contributed by atoms with Gasteiger partial charge in [0.05, 0.1) is 6.54 Å². The SMILES string of the molecule is CCCC[n+]1c(C)nc(N(CC)c2ccccc2)nc1NC. The lowest BCUT2D eigenvalue weighted by Gasteiger charge is -2.19. The summed E-state index contributed by atoms with van der Waals surface area (Å²) in [7, 11) is 1.91. The van der Waals surface area contributed by atoms with Gasteiger partial charge in [-0.25, -0.2) is 4.57 Å². The average molecular weight is 300 g/mol. The van der Waals surface area contributed by atoms with Gasteiger partial charge in [-0.2, -0.15) is 0 Å². The summed E-state index contributed by atoms with van der Waals surface area (Å²) in [5.41, 5.74) is 1.11. The molecule has 0 bridgehead atoms. The number of nitrogens with zero attached hydrogens (tertiary/aromatic N) is 4. The third-order valence-corrected chi connectivity index (χ3v) is 3.70. The Morgan fingerprint density at radius 1 is 1.14 bits per heavy atom. The number of nitrogens with one attached hydrogen (secondary N) is 1. The Balaban J connectivity index is 2.40. The fourth-order valence-corrected chi connectivity index (χ4v) is 2.48. The number of unbranched alkanes of at least 4 members (excludes halogenated alkanes) is 1. The largest absolute Gasteiger partial charge is 0.351 e. The summed E-state index contributed by atoms with van der Waals surface area (Å²) in [6.07, 6.45) is 2.28. The minimum atomic E-state index is 0.739. The molecule has 5 nitrogen and oxygen atoms in total. The van der Waals surface area contributed by atoms with Crippen LogP contribution in [0.15, 0.2) is 30.3 Å². The second-order valence-electron chi connectivity index (χ2n) is 5.23. The van der Waals surface area contributed by atoms with E-state index in [4.69, 9.17) is 9.97 Å². The molecule has 2 aromatic rings. The quantitative estimate of drug-likeness (QED) is 0.798. The summed E-state index contributed by atoms with van der Waals surface area (Å²) in [5.74, 6) is 2.59. The Morgan fingerprint density at radius 2 is 1.86 bits per heavy atom. The van der Waals surface area contributed by atoms with Gasteiger partial charge >= 0.3 is 11.9 Å². The molecule has 22 heavy (non-hydrogen) atoms. The standard InChI is InChI=1S/C17H25N5/c1-5-7-13-22-14(3)19-17(20-16(22)18-4)21(6-2)15-11-9-8-10-12-15/h8-12H,5-7,13H2,1-4H3/p+1. The van der Waals surface area contributed by atoms with Crippen LogP contribution in [0.5, 0.6) is 0 Å². The summed E-state index contributed by atoms with van der Waals surface area (Å²) in [6.45, 7) is 8.11. The first-order valence-electron chi connectivity index (χ1n) is 8.00. The van der Waals surface area contributed by atoms with Gasteiger partial charge in [-0.1, -0.05) is 41.5 Å². The molecular weight excluding hydrogens is 274 g/mol. The molecule has 0 fully saturated rings. The fourth-order valence-electron chi connectivity index (χ4n) is 2.48. The maximum atomic E-state index is 4.72. The van der Waals surface area contributed by atoms with Crippen molar-refractivity contribution in [2.24, 2.45) is 0 Å². The Morgan fingerprint density at radius 3 is 2.45 bits per heavy atom. The second kappa shape index (κ2) is 7.73. The number of aromatic nitrogens is 3. The highest BCUT2D eigenvalue weighted by molar-refractivity contribution is 5.57. The topological polar surface area (TPSA) is 44.9 Å². The molecule has 0 amide bonds. The molecule has 1 aromatic carbocycles. The third kappa shape index (κ3) is 3.53. The molecule has 0 aliphatic rings. The van der Waals surface area contributed by atoms with Gasteiger partial charge in [-0.15, -0.1) is 0 Å². The van der Waals surface area contributed by atoms with E-state index in [2.05, 4.69) is 40.8 Å². The second-order valence-corrected chi connectivity index (χ2v) is 5.23. The molecular formula is C17H26N5+. The molecule has 2 rings (SSSR count). The molecule has 0 unspecified atom stereocenters. The molecule has 0 saturated heterocycles. The Hall–Kier alpha value is -2.17. The van der Waals surface area contributed by atoms with Crippen molar-refractivity contribution in [3.8, 4) is 0 Å². The Labute approximate surface area is 133 Å². The number of hydrogen-bond donors (Lipinski definition) is 1. The minimum absolute atomic E-state index is 0.739. The molecule has 118 valence electrons. The number of hydrogen-bond acceptors (Lipinski definition) is 4. The zero-order chi connectivity index (χ0) is 15.9. The fraction of sp³-hybridized carbons (Fsp3) is 0.471. The van der Waals surface area contributed by atoms with Gasteiger partial charge in [0.25, 0.3) is 0 Å². The number of benzene rings is 1. The first-order valence-corrected chi connectivity index (χ1v) is 8.00. The van der Waals surface area contributed by atoms with Crippen LogP contribution in [-0.4, -0.2) is 23.6 Å². The highest BCUT2D eigenvalue weighted by Crippen LogP contribution is 2.21.